The van der Waals surface area contributed by atoms with E-state index in [1.807, 2.05) is 31.2 Å². The smallest absolute Gasteiger partial charge is 0.295 e. The van der Waals surface area contributed by atoms with Crippen LogP contribution in [-0.4, -0.2) is 59.4 Å². The molecule has 188 valence electrons. The summed E-state index contributed by atoms with van der Waals surface area (Å²) in [5, 5.41) is 11.3. The minimum absolute atomic E-state index is 0.118. The Balaban J connectivity index is 2.04. The summed E-state index contributed by atoms with van der Waals surface area (Å²) < 4.78 is 6.75. The second-order valence-corrected chi connectivity index (χ2v) is 10.2. The highest BCUT2D eigenvalue weighted by molar-refractivity contribution is 9.10. The maximum Gasteiger partial charge on any atom is 0.295 e. The van der Waals surface area contributed by atoms with Gasteiger partial charge in [-0.3, -0.25) is 9.59 Å². The van der Waals surface area contributed by atoms with E-state index < -0.39 is 17.7 Å². The molecule has 0 radical (unpaired) electrons. The van der Waals surface area contributed by atoms with Gasteiger partial charge in [0.2, 0.25) is 0 Å². The van der Waals surface area contributed by atoms with Crippen LogP contribution in [0.15, 0.2) is 52.5 Å². The summed E-state index contributed by atoms with van der Waals surface area (Å²) >= 11 is 3.45. The molecule has 1 aliphatic rings. The molecule has 1 saturated heterocycles. The Labute approximate surface area is 216 Å². The fraction of sp³-hybridized carbons (Fsp3) is 0.429. The van der Waals surface area contributed by atoms with Crippen molar-refractivity contribution in [2.45, 2.75) is 40.7 Å². The number of carbonyl (C=O) groups excluding carboxylic acids is 2. The van der Waals surface area contributed by atoms with Crippen LogP contribution in [0.25, 0.3) is 5.76 Å². The van der Waals surface area contributed by atoms with E-state index in [1.165, 1.54) is 0 Å². The predicted octanol–water partition coefficient (Wildman–Crippen LogP) is 5.56. The summed E-state index contributed by atoms with van der Waals surface area (Å²) in [6.45, 7) is 13.5. The number of benzene rings is 2. The largest absolute Gasteiger partial charge is 0.507 e. The number of aliphatic hydroxyl groups excluding tert-OH is 1. The van der Waals surface area contributed by atoms with Crippen LogP contribution in [0.1, 0.15) is 50.4 Å². The predicted molar refractivity (Wildman–Crippen MR) is 142 cm³/mol. The molecule has 1 fully saturated rings. The zero-order valence-electron chi connectivity index (χ0n) is 21.2. The zero-order chi connectivity index (χ0) is 25.7. The Hall–Kier alpha value is -2.64. The highest BCUT2D eigenvalue weighted by Gasteiger charge is 2.46. The van der Waals surface area contributed by atoms with Crippen LogP contribution in [0.2, 0.25) is 0 Å². The number of ether oxygens (including phenoxy) is 1. The maximum absolute atomic E-state index is 13.2. The van der Waals surface area contributed by atoms with E-state index in [1.54, 1.807) is 23.1 Å². The molecule has 35 heavy (non-hydrogen) atoms. The van der Waals surface area contributed by atoms with Crippen molar-refractivity contribution in [1.29, 1.82) is 0 Å². The van der Waals surface area contributed by atoms with Gasteiger partial charge in [0, 0.05) is 23.1 Å². The van der Waals surface area contributed by atoms with Crippen LogP contribution in [0.5, 0.6) is 5.75 Å². The van der Waals surface area contributed by atoms with Gasteiger partial charge in [-0.1, -0.05) is 55.8 Å². The normalized spacial score (nSPS) is 17.6. The van der Waals surface area contributed by atoms with Crippen molar-refractivity contribution in [3.05, 3.63) is 69.2 Å². The third-order valence-electron chi connectivity index (χ3n) is 6.30. The number of Topliss-reactive ketones (excluding diaryl/α,β-unsaturated/α-hetero) is 1. The highest BCUT2D eigenvalue weighted by Crippen LogP contribution is 2.40. The van der Waals surface area contributed by atoms with Crippen molar-refractivity contribution >= 4 is 33.4 Å². The van der Waals surface area contributed by atoms with Gasteiger partial charge in [0.1, 0.15) is 11.5 Å². The standard InChI is InChI=1S/C28H35BrN2O4/c1-6-30(7-2)14-15-31-25(20-8-11-22(29)12-9-20)24(27(33)28(31)34)26(32)21-10-13-23(19(5)16-21)35-17-18(3)4/h8-13,16,18,25,32H,6-7,14-15,17H2,1-5H3/b26-24-. The topological polar surface area (TPSA) is 70.1 Å². The van der Waals surface area contributed by atoms with Gasteiger partial charge in [-0.25, -0.2) is 0 Å². The second kappa shape index (κ2) is 11.9. The van der Waals surface area contributed by atoms with Gasteiger partial charge in [0.15, 0.2) is 0 Å². The molecule has 6 nitrogen and oxygen atoms in total. The van der Waals surface area contributed by atoms with Crippen molar-refractivity contribution in [3.63, 3.8) is 0 Å². The zero-order valence-corrected chi connectivity index (χ0v) is 22.8. The van der Waals surface area contributed by atoms with Crippen LogP contribution in [0.3, 0.4) is 0 Å². The second-order valence-electron chi connectivity index (χ2n) is 9.26. The molecule has 1 atom stereocenters. The molecule has 1 heterocycles. The van der Waals surface area contributed by atoms with Crippen molar-refractivity contribution in [3.8, 4) is 5.75 Å². The lowest BCUT2D eigenvalue weighted by atomic mass is 9.95. The molecule has 1 aliphatic heterocycles. The number of ketones is 1. The molecule has 1 unspecified atom stereocenters. The Kier molecular flexibility index (Phi) is 9.14. The van der Waals surface area contributed by atoms with E-state index in [0.717, 1.165) is 34.4 Å². The summed E-state index contributed by atoms with van der Waals surface area (Å²) in [5.41, 5.74) is 2.24. The first kappa shape index (κ1) is 27.0. The number of hydrogen-bond donors (Lipinski definition) is 1. The molecule has 2 aromatic carbocycles. The Morgan fingerprint density at radius 2 is 1.77 bits per heavy atom. The number of aryl methyl sites for hydroxylation is 1. The first-order valence-electron chi connectivity index (χ1n) is 12.2. The fourth-order valence-electron chi connectivity index (χ4n) is 4.26. The number of halogens is 1. The number of aliphatic hydroxyl groups is 1. The van der Waals surface area contributed by atoms with Crippen LogP contribution in [-0.2, 0) is 9.59 Å². The Morgan fingerprint density at radius 3 is 2.34 bits per heavy atom. The van der Waals surface area contributed by atoms with Gasteiger partial charge in [-0.05, 0) is 67.4 Å². The van der Waals surface area contributed by atoms with Crippen LogP contribution in [0, 0.1) is 12.8 Å². The molecule has 2 aromatic rings. The van der Waals surface area contributed by atoms with Gasteiger partial charge in [0.05, 0.1) is 18.2 Å². The summed E-state index contributed by atoms with van der Waals surface area (Å²) in [6, 6.07) is 12.2. The first-order valence-corrected chi connectivity index (χ1v) is 13.0. The van der Waals surface area contributed by atoms with Gasteiger partial charge in [-0.2, -0.15) is 0 Å². The average molecular weight is 544 g/mol. The van der Waals surface area contributed by atoms with Gasteiger partial charge in [0.25, 0.3) is 11.7 Å². The molecular weight excluding hydrogens is 508 g/mol. The van der Waals surface area contributed by atoms with Crippen molar-refractivity contribution in [1.82, 2.24) is 9.80 Å². The lowest BCUT2D eigenvalue weighted by molar-refractivity contribution is -0.140. The SMILES string of the molecule is CCN(CC)CCN1C(=O)C(=O)/C(=C(\O)c2ccc(OCC(C)C)c(C)c2)C1c1ccc(Br)cc1. The van der Waals surface area contributed by atoms with E-state index in [2.05, 4.69) is 48.5 Å². The minimum Gasteiger partial charge on any atom is -0.507 e. The number of rotatable bonds is 10. The van der Waals surface area contributed by atoms with Crippen molar-refractivity contribution < 1.29 is 19.4 Å². The summed E-state index contributed by atoms with van der Waals surface area (Å²) in [4.78, 5) is 30.2. The van der Waals surface area contributed by atoms with Crippen molar-refractivity contribution in [2.75, 3.05) is 32.8 Å². The number of likely N-dealkylation sites (N-methyl/N-ethyl adjacent to an activating group) is 1. The highest BCUT2D eigenvalue weighted by atomic mass is 79.9. The summed E-state index contributed by atoms with van der Waals surface area (Å²) in [6.07, 6.45) is 0. The average Bonchev–Trinajstić information content (AvgIpc) is 3.08. The monoisotopic (exact) mass is 542 g/mol. The van der Waals surface area contributed by atoms with Gasteiger partial charge >= 0.3 is 0 Å². The third kappa shape index (κ3) is 6.14. The number of carbonyl (C=O) groups is 2. The van der Waals surface area contributed by atoms with Crippen molar-refractivity contribution in [2.24, 2.45) is 5.92 Å². The lowest BCUT2D eigenvalue weighted by Gasteiger charge is -2.28. The maximum atomic E-state index is 13.2. The molecule has 0 saturated carbocycles. The minimum atomic E-state index is -0.659. The molecule has 0 spiro atoms. The van der Waals surface area contributed by atoms with E-state index >= 15 is 0 Å². The van der Waals surface area contributed by atoms with E-state index in [0.29, 0.717) is 31.2 Å². The van der Waals surface area contributed by atoms with E-state index in [4.69, 9.17) is 4.74 Å². The number of likely N-dealkylation sites (tertiary alicyclic amines) is 1. The molecule has 0 aromatic heterocycles. The van der Waals surface area contributed by atoms with E-state index in [-0.39, 0.29) is 11.3 Å². The Morgan fingerprint density at radius 1 is 1.11 bits per heavy atom. The lowest BCUT2D eigenvalue weighted by Crippen LogP contribution is -2.38. The molecule has 0 aliphatic carbocycles. The summed E-state index contributed by atoms with van der Waals surface area (Å²) in [7, 11) is 0. The van der Waals surface area contributed by atoms with Crippen LogP contribution in [0.4, 0.5) is 0 Å². The Bertz CT molecular complexity index is 1090. The molecule has 1 N–H and O–H groups in total. The number of hydrogen-bond acceptors (Lipinski definition) is 5. The third-order valence-corrected chi connectivity index (χ3v) is 6.83. The molecule has 0 bridgehead atoms. The summed E-state index contributed by atoms with van der Waals surface area (Å²) in [5.74, 6) is -0.284. The number of amides is 1. The molecule has 7 heteroatoms. The van der Waals surface area contributed by atoms with Crippen LogP contribution >= 0.6 is 15.9 Å². The quantitative estimate of drug-likeness (QED) is 0.242. The first-order chi connectivity index (χ1) is 16.7. The molecule has 1 amide bonds. The number of nitrogens with zero attached hydrogens (tertiary/aromatic N) is 2. The van der Waals surface area contributed by atoms with Crippen LogP contribution < -0.4 is 4.74 Å². The molecule has 3 rings (SSSR count). The van der Waals surface area contributed by atoms with E-state index in [9.17, 15) is 14.7 Å². The van der Waals surface area contributed by atoms with Gasteiger partial charge < -0.3 is 19.6 Å². The molecular formula is C28H35BrN2O4. The van der Waals surface area contributed by atoms with Gasteiger partial charge in [-0.15, -0.1) is 0 Å². The fourth-order valence-corrected chi connectivity index (χ4v) is 4.53.